The maximum atomic E-state index is 4.32. The highest BCUT2D eigenvalue weighted by atomic mass is 127. The smallest absolute Gasteiger partial charge is 0.0540 e. The van der Waals surface area contributed by atoms with Gasteiger partial charge >= 0.3 is 0 Å². The van der Waals surface area contributed by atoms with E-state index in [1.807, 2.05) is 6.07 Å². The second kappa shape index (κ2) is 5.90. The summed E-state index contributed by atoms with van der Waals surface area (Å²) in [6.45, 7) is 6.38. The fraction of sp³-hybridized carbons (Fsp3) is 0.0526. The van der Waals surface area contributed by atoms with Crippen LogP contribution in [0, 0.1) is 0 Å². The van der Waals surface area contributed by atoms with E-state index in [2.05, 4.69) is 101 Å². The molecule has 0 aliphatic rings. The second-order valence-corrected chi connectivity index (χ2v) is 6.11. The number of fused-ring (bicyclic) bond motifs is 1. The Morgan fingerprint density at radius 1 is 1.05 bits per heavy atom. The molecule has 0 aliphatic heterocycles. The minimum absolute atomic E-state index is 1.03. The summed E-state index contributed by atoms with van der Waals surface area (Å²) in [7, 11) is 0. The molecule has 0 unspecified atom stereocenters. The van der Waals surface area contributed by atoms with Crippen LogP contribution in [0.15, 0.2) is 64.3 Å². The van der Waals surface area contributed by atoms with Crippen molar-refractivity contribution in [3.8, 4) is 5.69 Å². The number of halogens is 1. The van der Waals surface area contributed by atoms with Gasteiger partial charge in [-0.3, -0.25) is 0 Å². The van der Waals surface area contributed by atoms with Gasteiger partial charge in [0.2, 0.25) is 0 Å². The van der Waals surface area contributed by atoms with Crippen LogP contribution in [0.4, 0.5) is 0 Å². The van der Waals surface area contributed by atoms with Crippen LogP contribution < -0.4 is 10.6 Å². The maximum Gasteiger partial charge on any atom is 0.0540 e. The molecule has 3 rings (SSSR count). The molecule has 0 fully saturated rings. The number of nitrogens with zero attached hydrogens (tertiary/aromatic N) is 1. The predicted molar refractivity (Wildman–Crippen MR) is 100 cm³/mol. The van der Waals surface area contributed by atoms with Crippen LogP contribution in [-0.2, 0) is 0 Å². The summed E-state index contributed by atoms with van der Waals surface area (Å²) >= 11 is 2.35. The highest BCUT2D eigenvalue weighted by Crippen LogP contribution is 2.15. The minimum Gasteiger partial charge on any atom is -0.310 e. The van der Waals surface area contributed by atoms with E-state index in [4.69, 9.17) is 0 Å². The number of hydrogen-bond donors (Lipinski definition) is 0. The summed E-state index contributed by atoms with van der Waals surface area (Å²) in [4.78, 5) is 0. The van der Waals surface area contributed by atoms with Gasteiger partial charge in [0.05, 0.1) is 5.52 Å². The molecular weight excluding hydrogens is 369 g/mol. The van der Waals surface area contributed by atoms with Crippen LogP contribution in [0.1, 0.15) is 6.92 Å². The van der Waals surface area contributed by atoms with E-state index in [-0.39, 0.29) is 0 Å². The number of aromatic nitrogens is 1. The van der Waals surface area contributed by atoms with Crippen molar-refractivity contribution in [2.24, 2.45) is 0 Å². The van der Waals surface area contributed by atoms with Gasteiger partial charge in [0.1, 0.15) is 0 Å². The minimum atomic E-state index is 1.03. The zero-order valence-corrected chi connectivity index (χ0v) is 14.0. The molecule has 21 heavy (non-hydrogen) atoms. The molecule has 0 aliphatic carbocycles. The molecule has 0 N–H and O–H groups in total. The van der Waals surface area contributed by atoms with E-state index in [0.29, 0.717) is 0 Å². The van der Waals surface area contributed by atoms with Crippen LogP contribution >= 0.6 is 22.6 Å². The summed E-state index contributed by atoms with van der Waals surface area (Å²) < 4.78 is 3.44. The van der Waals surface area contributed by atoms with E-state index < -0.39 is 0 Å². The molecule has 0 spiro atoms. The van der Waals surface area contributed by atoms with E-state index in [1.54, 1.807) is 0 Å². The molecule has 3 aromatic rings. The Morgan fingerprint density at radius 2 is 1.71 bits per heavy atom. The van der Waals surface area contributed by atoms with Gasteiger partial charge < -0.3 is 4.57 Å². The molecule has 0 atom stereocenters. The summed E-state index contributed by atoms with van der Waals surface area (Å²) in [6, 6.07) is 18.9. The molecule has 0 bridgehead atoms. The molecule has 0 amide bonds. The number of para-hydroxylation sites is 2. The van der Waals surface area contributed by atoms with E-state index in [0.717, 1.165) is 11.0 Å². The van der Waals surface area contributed by atoms with Gasteiger partial charge in [0, 0.05) is 25.2 Å². The third kappa shape index (κ3) is 2.56. The first kappa shape index (κ1) is 14.1. The molecule has 0 radical (unpaired) electrons. The molecule has 0 saturated heterocycles. The Morgan fingerprint density at radius 3 is 2.43 bits per heavy atom. The van der Waals surface area contributed by atoms with Crippen molar-refractivity contribution in [2.75, 3.05) is 0 Å². The van der Waals surface area contributed by atoms with Gasteiger partial charge in [0.25, 0.3) is 0 Å². The SMILES string of the molecule is C=c1/c(=C\C(I)=C/C)c2ccccc2n1-c1ccccc1. The monoisotopic (exact) mass is 385 g/mol. The average Bonchev–Trinajstić information content (AvgIpc) is 2.80. The molecule has 1 heterocycles. The highest BCUT2D eigenvalue weighted by molar-refractivity contribution is 14.1. The normalized spacial score (nSPS) is 13.0. The molecular formula is C19H16IN. The highest BCUT2D eigenvalue weighted by Gasteiger charge is 2.07. The molecule has 104 valence electrons. The largest absolute Gasteiger partial charge is 0.310 e. The van der Waals surface area contributed by atoms with E-state index in [1.165, 1.54) is 19.7 Å². The third-order valence-electron chi connectivity index (χ3n) is 3.59. The Hall–Kier alpha value is -1.81. The first-order chi connectivity index (χ1) is 10.2. The van der Waals surface area contributed by atoms with Crippen LogP contribution in [-0.4, -0.2) is 4.57 Å². The fourth-order valence-corrected chi connectivity index (χ4v) is 2.88. The lowest BCUT2D eigenvalue weighted by atomic mass is 10.2. The van der Waals surface area contributed by atoms with Crippen molar-refractivity contribution >= 4 is 46.1 Å². The zero-order valence-electron chi connectivity index (χ0n) is 11.9. The number of allylic oxidation sites excluding steroid dienone is 2. The zero-order chi connectivity index (χ0) is 14.8. The van der Waals surface area contributed by atoms with Crippen molar-refractivity contribution < 1.29 is 0 Å². The van der Waals surface area contributed by atoms with Crippen LogP contribution in [0.25, 0.3) is 29.2 Å². The van der Waals surface area contributed by atoms with Gasteiger partial charge in [-0.25, -0.2) is 0 Å². The Bertz CT molecular complexity index is 917. The third-order valence-corrected chi connectivity index (χ3v) is 4.52. The van der Waals surface area contributed by atoms with Gasteiger partial charge in [-0.2, -0.15) is 0 Å². The van der Waals surface area contributed by atoms with Crippen LogP contribution in [0.5, 0.6) is 0 Å². The van der Waals surface area contributed by atoms with Crippen molar-refractivity contribution in [3.05, 3.63) is 74.8 Å². The summed E-state index contributed by atoms with van der Waals surface area (Å²) in [5.74, 6) is 0. The Kier molecular flexibility index (Phi) is 3.97. The quantitative estimate of drug-likeness (QED) is 0.584. The van der Waals surface area contributed by atoms with Crippen molar-refractivity contribution in [2.45, 2.75) is 6.92 Å². The lowest BCUT2D eigenvalue weighted by Gasteiger charge is -2.05. The summed E-state index contributed by atoms with van der Waals surface area (Å²) in [6.07, 6.45) is 4.30. The molecule has 2 heteroatoms. The van der Waals surface area contributed by atoms with E-state index in [9.17, 15) is 0 Å². The fourth-order valence-electron chi connectivity index (χ4n) is 2.57. The van der Waals surface area contributed by atoms with Gasteiger partial charge in [-0.15, -0.1) is 0 Å². The predicted octanol–water partition coefficient (Wildman–Crippen LogP) is 4.16. The lowest BCUT2D eigenvalue weighted by molar-refractivity contribution is 1.07. The van der Waals surface area contributed by atoms with Crippen molar-refractivity contribution in [3.63, 3.8) is 0 Å². The van der Waals surface area contributed by atoms with Crippen molar-refractivity contribution in [1.29, 1.82) is 0 Å². The topological polar surface area (TPSA) is 4.93 Å². The summed E-state index contributed by atoms with van der Waals surface area (Å²) in [5, 5.41) is 3.46. The first-order valence-corrected chi connectivity index (χ1v) is 7.97. The lowest BCUT2D eigenvalue weighted by Crippen LogP contribution is -2.26. The van der Waals surface area contributed by atoms with E-state index >= 15 is 0 Å². The number of hydrogen-bond acceptors (Lipinski definition) is 0. The number of rotatable bonds is 2. The standard InChI is InChI=1S/C19H16IN/c1-3-15(20)13-18-14(2)21(16-9-5-4-6-10-16)19-12-8-7-11-17(18)19/h3-13H,2H2,1H3/b15-3+,18-13+. The summed E-state index contributed by atoms with van der Waals surface area (Å²) in [5.41, 5.74) is 2.34. The van der Waals surface area contributed by atoms with Crippen LogP contribution in [0.2, 0.25) is 0 Å². The Balaban J connectivity index is 2.46. The second-order valence-electron chi connectivity index (χ2n) is 4.87. The molecule has 0 saturated carbocycles. The Labute approximate surface area is 138 Å². The first-order valence-electron chi connectivity index (χ1n) is 6.89. The molecule has 1 aromatic heterocycles. The number of benzene rings is 2. The van der Waals surface area contributed by atoms with Crippen molar-refractivity contribution in [1.82, 2.24) is 4.57 Å². The van der Waals surface area contributed by atoms with Crippen LogP contribution in [0.3, 0.4) is 0 Å². The van der Waals surface area contributed by atoms with Gasteiger partial charge in [0.15, 0.2) is 0 Å². The maximum absolute atomic E-state index is 4.32. The molecule has 2 aromatic carbocycles. The van der Waals surface area contributed by atoms with Gasteiger partial charge in [-0.05, 0) is 53.8 Å². The average molecular weight is 385 g/mol. The van der Waals surface area contributed by atoms with Gasteiger partial charge in [-0.1, -0.05) is 49.1 Å². The molecule has 1 nitrogen and oxygen atoms in total.